The Morgan fingerprint density at radius 1 is 0.500 bits per heavy atom. The summed E-state index contributed by atoms with van der Waals surface area (Å²) in [6.07, 6.45) is 15.0. The SMILES string of the molecule is CC1=CC2C(C=C1N1c3cc4c(cc3B3c5oc6c(c5N(c5ccc7c(c5)C(C)(C)CCC7(C)C)c5cc(C)cc1c53)C(C)(C)CCC6(C)C)C(C)(C)CCC4(C)C)C(C)(C)CCC2(C)C. The van der Waals surface area contributed by atoms with Gasteiger partial charge in [0, 0.05) is 39.4 Å². The van der Waals surface area contributed by atoms with Crippen molar-refractivity contribution in [3.8, 4) is 0 Å². The number of nitrogens with zero attached hydrogens (tertiary/aromatic N) is 2. The smallest absolute Gasteiger partial charge is 0.297 e. The molecule has 0 spiro atoms. The minimum Gasteiger partial charge on any atom is -0.472 e. The van der Waals surface area contributed by atoms with Crippen LogP contribution in [0, 0.1) is 29.6 Å². The molecule has 0 amide bonds. The molecule has 5 aliphatic carbocycles. The molecule has 0 saturated heterocycles. The minimum atomic E-state index is -0.0853. The van der Waals surface area contributed by atoms with Crippen LogP contribution in [0.1, 0.15) is 208 Å². The van der Waals surface area contributed by atoms with E-state index in [4.69, 9.17) is 4.42 Å². The highest BCUT2D eigenvalue weighted by Gasteiger charge is 2.55. The van der Waals surface area contributed by atoms with Gasteiger partial charge >= 0.3 is 0 Å². The molecule has 0 N–H and O–H groups in total. The van der Waals surface area contributed by atoms with Crippen LogP contribution in [0.25, 0.3) is 0 Å². The van der Waals surface area contributed by atoms with Gasteiger partial charge in [-0.05, 0) is 190 Å². The van der Waals surface area contributed by atoms with Crippen molar-refractivity contribution in [1.82, 2.24) is 0 Å². The molecule has 4 heteroatoms. The Kier molecular flexibility index (Phi) is 9.08. The van der Waals surface area contributed by atoms with Crippen LogP contribution in [0.2, 0.25) is 0 Å². The zero-order valence-corrected chi connectivity index (χ0v) is 44.4. The van der Waals surface area contributed by atoms with Gasteiger partial charge in [-0.2, -0.15) is 0 Å². The Balaban J connectivity index is 1.27. The van der Waals surface area contributed by atoms with Crippen molar-refractivity contribution in [2.24, 2.45) is 22.7 Å². The molecule has 3 heterocycles. The number of rotatable bonds is 2. The van der Waals surface area contributed by atoms with Gasteiger partial charge in [-0.25, -0.2) is 0 Å². The molecule has 4 aromatic rings. The predicted molar refractivity (Wildman–Crippen MR) is 283 cm³/mol. The lowest BCUT2D eigenvalue weighted by atomic mass is 9.35. The molecule has 7 aliphatic rings. The Bertz CT molecular complexity index is 2830. The normalized spacial score (nSPS) is 26.9. The zero-order valence-electron chi connectivity index (χ0n) is 44.4. The molecular weight excluding hydrogens is 800 g/mol. The van der Waals surface area contributed by atoms with Crippen molar-refractivity contribution in [3.63, 3.8) is 0 Å². The lowest BCUT2D eigenvalue weighted by Crippen LogP contribution is -2.62. The molecule has 1 aromatic heterocycles. The Morgan fingerprint density at radius 3 is 1.61 bits per heavy atom. The first kappa shape index (κ1) is 44.6. The van der Waals surface area contributed by atoms with Gasteiger partial charge in [0.05, 0.1) is 11.3 Å². The van der Waals surface area contributed by atoms with Crippen molar-refractivity contribution < 1.29 is 4.42 Å². The molecule has 2 unspecified atom stereocenters. The van der Waals surface area contributed by atoms with E-state index < -0.39 is 0 Å². The lowest BCUT2D eigenvalue weighted by molar-refractivity contribution is 0.0321. The van der Waals surface area contributed by atoms with Crippen LogP contribution < -0.4 is 26.4 Å². The minimum absolute atomic E-state index is 0.0456. The van der Waals surface area contributed by atoms with Crippen molar-refractivity contribution in [1.29, 1.82) is 0 Å². The van der Waals surface area contributed by atoms with Crippen LogP contribution in [0.4, 0.5) is 28.4 Å². The molecule has 11 rings (SSSR count). The maximum absolute atomic E-state index is 7.83. The highest BCUT2D eigenvalue weighted by molar-refractivity contribution is 6.99. The van der Waals surface area contributed by atoms with Crippen molar-refractivity contribution in [2.75, 3.05) is 9.80 Å². The molecule has 1 fully saturated rings. The van der Waals surface area contributed by atoms with E-state index in [1.54, 1.807) is 0 Å². The monoisotopic (exact) mass is 881 g/mol. The van der Waals surface area contributed by atoms with Gasteiger partial charge in [0.1, 0.15) is 5.76 Å². The van der Waals surface area contributed by atoms with Crippen LogP contribution in [0.5, 0.6) is 0 Å². The summed E-state index contributed by atoms with van der Waals surface area (Å²) in [6, 6.07) is 18.0. The molecule has 348 valence electrons. The summed E-state index contributed by atoms with van der Waals surface area (Å²) in [5.74, 6) is 2.15. The second-order valence-electron chi connectivity index (χ2n) is 28.3. The van der Waals surface area contributed by atoms with Crippen LogP contribution in [-0.4, -0.2) is 6.71 Å². The fraction of sp³-hybridized carbons (Fsp3) is 0.581. The van der Waals surface area contributed by atoms with Gasteiger partial charge in [-0.15, -0.1) is 0 Å². The maximum atomic E-state index is 7.83. The number of hydrogen-bond acceptors (Lipinski definition) is 3. The molecule has 0 radical (unpaired) electrons. The Hall–Kier alpha value is -3.92. The Morgan fingerprint density at radius 2 is 1.00 bits per heavy atom. The topological polar surface area (TPSA) is 19.6 Å². The first-order chi connectivity index (χ1) is 30.5. The first-order valence-corrected chi connectivity index (χ1v) is 26.1. The van der Waals surface area contributed by atoms with E-state index in [0.29, 0.717) is 11.8 Å². The van der Waals surface area contributed by atoms with Crippen LogP contribution in [0.3, 0.4) is 0 Å². The van der Waals surface area contributed by atoms with Gasteiger partial charge in [0.2, 0.25) is 0 Å². The highest BCUT2D eigenvalue weighted by atomic mass is 16.3. The van der Waals surface area contributed by atoms with Crippen LogP contribution in [-0.2, 0) is 32.5 Å². The molecule has 2 atom stereocenters. The quantitative estimate of drug-likeness (QED) is 0.165. The van der Waals surface area contributed by atoms with Gasteiger partial charge in [-0.1, -0.05) is 135 Å². The summed E-state index contributed by atoms with van der Waals surface area (Å²) in [5, 5.41) is 0. The zero-order chi connectivity index (χ0) is 47.4. The third-order valence-corrected chi connectivity index (χ3v) is 19.8. The second-order valence-corrected chi connectivity index (χ2v) is 28.3. The van der Waals surface area contributed by atoms with Crippen molar-refractivity contribution >= 4 is 51.7 Å². The van der Waals surface area contributed by atoms with Gasteiger partial charge < -0.3 is 14.2 Å². The number of allylic oxidation sites excluding steroid dienone is 3. The molecule has 2 aliphatic heterocycles. The van der Waals surface area contributed by atoms with E-state index in [-0.39, 0.29) is 50.0 Å². The predicted octanol–water partition coefficient (Wildman–Crippen LogP) is 15.3. The van der Waals surface area contributed by atoms with Crippen molar-refractivity contribution in [3.05, 3.63) is 105 Å². The number of fused-ring (bicyclic) bond motifs is 9. The van der Waals surface area contributed by atoms with Crippen molar-refractivity contribution in [2.45, 2.75) is 208 Å². The van der Waals surface area contributed by atoms with E-state index in [1.165, 1.54) is 128 Å². The largest absolute Gasteiger partial charge is 0.472 e. The van der Waals surface area contributed by atoms with Gasteiger partial charge in [0.15, 0.2) is 0 Å². The van der Waals surface area contributed by atoms with Crippen LogP contribution >= 0.6 is 0 Å². The summed E-state index contributed by atoms with van der Waals surface area (Å²) in [4.78, 5) is 5.49. The van der Waals surface area contributed by atoms with E-state index >= 15 is 0 Å². The van der Waals surface area contributed by atoms with Gasteiger partial charge in [-0.3, -0.25) is 0 Å². The summed E-state index contributed by atoms with van der Waals surface area (Å²) in [5.41, 5.74) is 22.7. The average molecular weight is 881 g/mol. The molecule has 66 heavy (non-hydrogen) atoms. The summed E-state index contributed by atoms with van der Waals surface area (Å²) in [6.45, 7) is 44.6. The first-order valence-electron chi connectivity index (χ1n) is 26.1. The highest BCUT2D eigenvalue weighted by Crippen LogP contribution is 2.59. The number of benzene rings is 3. The summed E-state index contributed by atoms with van der Waals surface area (Å²) < 4.78 is 7.83. The van der Waals surface area contributed by atoms with E-state index in [9.17, 15) is 0 Å². The number of anilines is 5. The number of furan rings is 1. The molecule has 3 nitrogen and oxygen atoms in total. The summed E-state index contributed by atoms with van der Waals surface area (Å²) in [7, 11) is 0. The fourth-order valence-electron chi connectivity index (χ4n) is 14.7. The summed E-state index contributed by atoms with van der Waals surface area (Å²) >= 11 is 0. The molecule has 1 saturated carbocycles. The second kappa shape index (κ2) is 13.4. The molecule has 3 aromatic carbocycles. The maximum Gasteiger partial charge on any atom is 0.297 e. The standard InChI is InChI=1S/C62H81BN2O/c1-36-29-48-51-49(30-36)65(46-34-43-40(31-37(46)2)56(5,6)23-25-59(43,11)12)47-35-44-42(58(9,10)24-26-60(44,13)14)33-45(47)63(51)54-52(50-53(66-54)62(17,18)28-27-61(50,15)16)64(48)38-19-20-39-41(32-38)57(7,8)22-21-55(39,3)4/h19-20,29-35,40,43H,21-28H2,1-18H3. The van der Waals surface area contributed by atoms with E-state index in [1.807, 2.05) is 0 Å². The third kappa shape index (κ3) is 6.12. The average Bonchev–Trinajstić information content (AvgIpc) is 3.64. The van der Waals surface area contributed by atoms with E-state index in [2.05, 4.69) is 189 Å². The third-order valence-electron chi connectivity index (χ3n) is 19.8. The number of aryl methyl sites for hydroxylation is 1. The lowest BCUT2D eigenvalue weighted by Gasteiger charge is -2.53. The Labute approximate surface area is 400 Å². The molecule has 0 bridgehead atoms. The molecular formula is C62H81BN2O. The van der Waals surface area contributed by atoms with Crippen LogP contribution in [0.15, 0.2) is 70.3 Å². The number of hydrogen-bond donors (Lipinski definition) is 0. The van der Waals surface area contributed by atoms with E-state index in [0.717, 1.165) is 18.5 Å². The van der Waals surface area contributed by atoms with Gasteiger partial charge in [0.25, 0.3) is 6.71 Å². The fourth-order valence-corrected chi connectivity index (χ4v) is 14.7.